The molecular formula is C17H23N5OS. The predicted octanol–water partition coefficient (Wildman–Crippen LogP) is 2.18. The number of anilines is 2. The Bertz CT molecular complexity index is 715. The van der Waals surface area contributed by atoms with E-state index in [4.69, 9.17) is 5.73 Å². The Labute approximate surface area is 146 Å². The molecule has 2 aromatic rings. The quantitative estimate of drug-likeness (QED) is 0.808. The highest BCUT2D eigenvalue weighted by atomic mass is 32.1. The normalized spacial score (nSPS) is 18.1. The minimum absolute atomic E-state index is 0.161. The number of nitrogens with one attached hydrogen (secondary N) is 1. The molecule has 6 nitrogen and oxygen atoms in total. The van der Waals surface area contributed by atoms with Crippen LogP contribution in [0.5, 0.6) is 0 Å². The molecule has 7 heteroatoms. The van der Waals surface area contributed by atoms with Crippen LogP contribution in [0.2, 0.25) is 0 Å². The Kier molecular flexibility index (Phi) is 5.11. The summed E-state index contributed by atoms with van der Waals surface area (Å²) in [5.41, 5.74) is 6.21. The van der Waals surface area contributed by atoms with Crippen LogP contribution in [0.1, 0.15) is 35.6 Å². The summed E-state index contributed by atoms with van der Waals surface area (Å²) in [6.45, 7) is 7.23. The lowest BCUT2D eigenvalue weighted by Gasteiger charge is -2.34. The fourth-order valence-electron chi connectivity index (χ4n) is 3.00. The van der Waals surface area contributed by atoms with Crippen molar-refractivity contribution in [3.63, 3.8) is 0 Å². The van der Waals surface area contributed by atoms with Gasteiger partial charge >= 0.3 is 0 Å². The van der Waals surface area contributed by atoms with Crippen LogP contribution in [0.4, 0.5) is 11.6 Å². The number of pyridine rings is 1. The van der Waals surface area contributed by atoms with Crippen LogP contribution in [0, 0.1) is 5.92 Å². The zero-order valence-corrected chi connectivity index (χ0v) is 14.8. The van der Waals surface area contributed by atoms with E-state index in [2.05, 4.69) is 34.0 Å². The van der Waals surface area contributed by atoms with Gasteiger partial charge in [-0.15, -0.1) is 11.3 Å². The fraction of sp³-hybridized carbons (Fsp3) is 0.471. The molecule has 0 radical (unpaired) electrons. The highest BCUT2D eigenvalue weighted by Gasteiger charge is 2.23. The van der Waals surface area contributed by atoms with Crippen molar-refractivity contribution in [2.75, 3.05) is 30.3 Å². The van der Waals surface area contributed by atoms with Crippen LogP contribution in [-0.2, 0) is 0 Å². The molecule has 1 aliphatic heterocycles. The summed E-state index contributed by atoms with van der Waals surface area (Å²) in [4.78, 5) is 23.3. The van der Waals surface area contributed by atoms with Gasteiger partial charge in [-0.1, -0.05) is 13.8 Å². The molecule has 3 heterocycles. The summed E-state index contributed by atoms with van der Waals surface area (Å²) in [5.74, 6) is 1.62. The highest BCUT2D eigenvalue weighted by Crippen LogP contribution is 2.24. The summed E-state index contributed by atoms with van der Waals surface area (Å²) in [5, 5.41) is 5.97. The minimum Gasteiger partial charge on any atom is -0.383 e. The van der Waals surface area contributed by atoms with Crippen molar-refractivity contribution >= 4 is 28.8 Å². The Morgan fingerprint density at radius 1 is 1.54 bits per heavy atom. The van der Waals surface area contributed by atoms with Gasteiger partial charge in [0, 0.05) is 37.3 Å². The second kappa shape index (κ2) is 7.27. The van der Waals surface area contributed by atoms with E-state index in [9.17, 15) is 4.79 Å². The first-order valence-corrected chi connectivity index (χ1v) is 9.11. The molecule has 0 spiro atoms. The van der Waals surface area contributed by atoms with Crippen molar-refractivity contribution in [1.29, 1.82) is 0 Å². The molecule has 1 aliphatic rings. The molecule has 3 rings (SSSR count). The molecule has 0 aromatic carbocycles. The van der Waals surface area contributed by atoms with Crippen molar-refractivity contribution in [1.82, 2.24) is 15.3 Å². The smallest absolute Gasteiger partial charge is 0.225 e. The first-order chi connectivity index (χ1) is 11.5. The van der Waals surface area contributed by atoms with Gasteiger partial charge < -0.3 is 16.0 Å². The number of carbonyl (C=O) groups excluding carboxylic acids is 1. The molecule has 1 saturated heterocycles. The van der Waals surface area contributed by atoms with Gasteiger partial charge in [0.05, 0.1) is 5.56 Å². The number of carbonyl (C=O) groups is 1. The average Bonchev–Trinajstić information content (AvgIpc) is 3.04. The van der Waals surface area contributed by atoms with E-state index >= 15 is 0 Å². The van der Waals surface area contributed by atoms with Gasteiger partial charge in [0.25, 0.3) is 0 Å². The second-order valence-corrected chi connectivity index (χ2v) is 7.36. The molecule has 0 saturated carbocycles. The molecule has 0 bridgehead atoms. The van der Waals surface area contributed by atoms with Crippen molar-refractivity contribution in [2.45, 2.75) is 26.3 Å². The lowest BCUT2D eigenvalue weighted by Crippen LogP contribution is -2.51. The number of piperazine rings is 1. The van der Waals surface area contributed by atoms with Crippen molar-refractivity contribution in [3.8, 4) is 0 Å². The van der Waals surface area contributed by atoms with Crippen molar-refractivity contribution < 1.29 is 4.79 Å². The Balaban J connectivity index is 1.73. The largest absolute Gasteiger partial charge is 0.383 e. The predicted molar refractivity (Wildman–Crippen MR) is 97.7 cm³/mol. The van der Waals surface area contributed by atoms with E-state index in [0.717, 1.165) is 31.9 Å². The van der Waals surface area contributed by atoms with Crippen LogP contribution < -0.4 is 16.0 Å². The zero-order chi connectivity index (χ0) is 17.1. The molecule has 24 heavy (non-hydrogen) atoms. The second-order valence-electron chi connectivity index (χ2n) is 6.50. The van der Waals surface area contributed by atoms with E-state index in [1.54, 1.807) is 18.3 Å². The van der Waals surface area contributed by atoms with E-state index in [0.29, 0.717) is 22.5 Å². The third kappa shape index (κ3) is 3.73. The molecule has 0 unspecified atom stereocenters. The highest BCUT2D eigenvalue weighted by molar-refractivity contribution is 7.12. The standard InChI is InChI=1S/C17H23N5OS/c1-11(2)8-12-9-22(7-6-19-12)14-10-24-17(21-14)15(23)13-4-3-5-20-16(13)18/h3-5,10-12,19H,6-9H2,1-2H3,(H2,18,20)/t12-/m0/s1. The Hall–Kier alpha value is -1.99. The average molecular weight is 345 g/mol. The molecule has 0 aliphatic carbocycles. The Morgan fingerprint density at radius 2 is 2.38 bits per heavy atom. The van der Waals surface area contributed by atoms with Gasteiger partial charge in [-0.05, 0) is 24.5 Å². The SMILES string of the molecule is CC(C)C[C@H]1CN(c2csc(C(=O)c3cccnc3N)n2)CCN1. The number of hydrogen-bond acceptors (Lipinski definition) is 7. The summed E-state index contributed by atoms with van der Waals surface area (Å²) < 4.78 is 0. The maximum Gasteiger partial charge on any atom is 0.225 e. The number of thiazole rings is 1. The maximum atomic E-state index is 12.6. The number of rotatable bonds is 5. The minimum atomic E-state index is -0.161. The van der Waals surface area contributed by atoms with E-state index in [-0.39, 0.29) is 11.6 Å². The van der Waals surface area contributed by atoms with Gasteiger partial charge in [0.2, 0.25) is 5.78 Å². The third-order valence-electron chi connectivity index (χ3n) is 4.10. The first kappa shape index (κ1) is 16.9. The van der Waals surface area contributed by atoms with E-state index < -0.39 is 0 Å². The lowest BCUT2D eigenvalue weighted by molar-refractivity contribution is 0.103. The topological polar surface area (TPSA) is 84.1 Å². The summed E-state index contributed by atoms with van der Waals surface area (Å²) in [6, 6.07) is 3.87. The van der Waals surface area contributed by atoms with Crippen LogP contribution in [0.15, 0.2) is 23.7 Å². The van der Waals surface area contributed by atoms with Gasteiger partial charge in [-0.3, -0.25) is 4.79 Å². The van der Waals surface area contributed by atoms with E-state index in [1.165, 1.54) is 11.3 Å². The van der Waals surface area contributed by atoms with E-state index in [1.807, 2.05) is 5.38 Å². The number of nitrogen functional groups attached to an aromatic ring is 1. The molecule has 3 N–H and O–H groups in total. The number of aromatic nitrogens is 2. The molecule has 0 amide bonds. The number of nitrogens with zero attached hydrogens (tertiary/aromatic N) is 3. The number of nitrogens with two attached hydrogens (primary N) is 1. The maximum absolute atomic E-state index is 12.6. The van der Waals surface area contributed by atoms with Crippen LogP contribution in [0.25, 0.3) is 0 Å². The fourth-order valence-corrected chi connectivity index (χ4v) is 3.78. The zero-order valence-electron chi connectivity index (χ0n) is 14.0. The number of hydrogen-bond donors (Lipinski definition) is 2. The van der Waals surface area contributed by atoms with Crippen LogP contribution in [-0.4, -0.2) is 41.4 Å². The molecular weight excluding hydrogens is 322 g/mol. The molecule has 1 fully saturated rings. The van der Waals surface area contributed by atoms with Crippen molar-refractivity contribution in [3.05, 3.63) is 34.3 Å². The summed E-state index contributed by atoms with van der Waals surface area (Å²) >= 11 is 1.36. The van der Waals surface area contributed by atoms with Crippen molar-refractivity contribution in [2.24, 2.45) is 5.92 Å². The lowest BCUT2D eigenvalue weighted by atomic mass is 10.0. The van der Waals surface area contributed by atoms with Crippen LogP contribution >= 0.6 is 11.3 Å². The molecule has 2 aromatic heterocycles. The summed E-state index contributed by atoms with van der Waals surface area (Å²) in [6.07, 6.45) is 2.72. The van der Waals surface area contributed by atoms with Gasteiger partial charge in [-0.25, -0.2) is 9.97 Å². The Morgan fingerprint density at radius 3 is 3.12 bits per heavy atom. The van der Waals surface area contributed by atoms with Gasteiger partial charge in [0.15, 0.2) is 5.01 Å². The molecule has 128 valence electrons. The monoisotopic (exact) mass is 345 g/mol. The molecule has 1 atom stereocenters. The van der Waals surface area contributed by atoms with Gasteiger partial charge in [-0.2, -0.15) is 0 Å². The number of ketones is 1. The summed E-state index contributed by atoms with van der Waals surface area (Å²) in [7, 11) is 0. The van der Waals surface area contributed by atoms with Crippen LogP contribution in [0.3, 0.4) is 0 Å². The van der Waals surface area contributed by atoms with Gasteiger partial charge in [0.1, 0.15) is 11.6 Å². The third-order valence-corrected chi connectivity index (χ3v) is 4.93. The first-order valence-electron chi connectivity index (χ1n) is 8.23.